The molecule has 1 aliphatic heterocycles. The first-order chi connectivity index (χ1) is 12.0. The molecular weight excluding hydrogens is 316 g/mol. The van der Waals surface area contributed by atoms with E-state index in [0.717, 1.165) is 0 Å². The van der Waals surface area contributed by atoms with E-state index in [1.165, 1.54) is 7.11 Å². The van der Waals surface area contributed by atoms with E-state index in [2.05, 4.69) is 11.4 Å². The summed E-state index contributed by atoms with van der Waals surface area (Å²) < 4.78 is 11.5. The van der Waals surface area contributed by atoms with Crippen molar-refractivity contribution in [2.24, 2.45) is 0 Å². The number of hydrogen-bond acceptors (Lipinski definition) is 4. The molecule has 3 rings (SSSR count). The maximum atomic E-state index is 13.0. The minimum atomic E-state index is -0.806. The number of benzene rings is 2. The summed E-state index contributed by atoms with van der Waals surface area (Å²) in [4.78, 5) is 13.0. The Kier molecular flexibility index (Phi) is 4.20. The molecular formula is C20H18N2O3. The Morgan fingerprint density at radius 2 is 1.92 bits per heavy atom. The van der Waals surface area contributed by atoms with Crippen molar-refractivity contribution in [3.63, 3.8) is 0 Å². The fraction of sp³-hybridized carbons (Fsp3) is 0.200. The number of fused-ring (bicyclic) bond motifs is 1. The molecule has 25 heavy (non-hydrogen) atoms. The summed E-state index contributed by atoms with van der Waals surface area (Å²) in [5.74, 6) is 0.655. The fourth-order valence-electron chi connectivity index (χ4n) is 2.92. The molecule has 0 radical (unpaired) electrons. The lowest BCUT2D eigenvalue weighted by molar-refractivity contribution is -0.111. The number of carbonyl (C=O) groups is 1. The van der Waals surface area contributed by atoms with Crippen molar-refractivity contribution in [3.8, 4) is 11.8 Å². The first kappa shape index (κ1) is 16.6. The number of nitriles is 1. The zero-order valence-electron chi connectivity index (χ0n) is 14.3. The smallest absolute Gasteiger partial charge is 0.259 e. The largest absolute Gasteiger partial charge is 0.496 e. The van der Waals surface area contributed by atoms with Crippen LogP contribution in [-0.4, -0.2) is 18.6 Å². The molecule has 0 spiro atoms. The number of ether oxygens (including phenoxy) is 2. The summed E-state index contributed by atoms with van der Waals surface area (Å²) in [6.07, 6.45) is 0. The number of rotatable bonds is 3. The molecule has 0 aliphatic carbocycles. The highest BCUT2D eigenvalue weighted by Gasteiger charge is 2.39. The van der Waals surface area contributed by atoms with Crippen molar-refractivity contribution >= 4 is 17.2 Å². The molecule has 5 heteroatoms. The summed E-state index contributed by atoms with van der Waals surface area (Å²) in [5.41, 5.74) is 1.23. The minimum absolute atomic E-state index is 0.309. The van der Waals surface area contributed by atoms with Crippen molar-refractivity contribution in [2.75, 3.05) is 12.4 Å². The van der Waals surface area contributed by atoms with E-state index in [-0.39, 0.29) is 5.91 Å². The van der Waals surface area contributed by atoms with Crippen molar-refractivity contribution in [2.45, 2.75) is 19.4 Å². The summed E-state index contributed by atoms with van der Waals surface area (Å²) in [6, 6.07) is 16.3. The standard InChI is InChI=1S/C20H18N2O3/c1-20(2)18(24-3)17(19(23)22-14-7-5-4-6-8-14)15-11-13(12-21)9-10-16(15)25-20/h4-11H,1-3H3,(H,22,23). The molecule has 1 N–H and O–H groups in total. The quantitative estimate of drug-likeness (QED) is 0.928. The fourth-order valence-corrected chi connectivity index (χ4v) is 2.92. The van der Waals surface area contributed by atoms with Gasteiger partial charge in [0.25, 0.3) is 5.91 Å². The molecule has 126 valence electrons. The average molecular weight is 334 g/mol. The van der Waals surface area contributed by atoms with Crippen LogP contribution in [-0.2, 0) is 9.53 Å². The van der Waals surface area contributed by atoms with Gasteiger partial charge in [-0.3, -0.25) is 4.79 Å². The lowest BCUT2D eigenvalue weighted by atomic mass is 9.91. The Labute approximate surface area is 146 Å². The van der Waals surface area contributed by atoms with Crippen molar-refractivity contribution in [1.82, 2.24) is 0 Å². The number of anilines is 1. The van der Waals surface area contributed by atoms with Crippen LogP contribution in [0.2, 0.25) is 0 Å². The summed E-state index contributed by atoms with van der Waals surface area (Å²) >= 11 is 0. The van der Waals surface area contributed by atoms with Gasteiger partial charge in [0, 0.05) is 11.3 Å². The number of para-hydroxylation sites is 1. The second kappa shape index (κ2) is 6.33. The van der Waals surface area contributed by atoms with Crippen LogP contribution in [0.25, 0.3) is 5.57 Å². The maximum absolute atomic E-state index is 13.0. The van der Waals surface area contributed by atoms with Crippen LogP contribution in [0.1, 0.15) is 25.0 Å². The molecule has 0 unspecified atom stereocenters. The Morgan fingerprint density at radius 1 is 1.20 bits per heavy atom. The molecule has 1 heterocycles. The van der Waals surface area contributed by atoms with Crippen molar-refractivity contribution in [3.05, 3.63) is 65.4 Å². The number of nitrogens with one attached hydrogen (secondary N) is 1. The lowest BCUT2D eigenvalue weighted by Crippen LogP contribution is -2.37. The SMILES string of the molecule is COC1=C(C(=O)Nc2ccccc2)c2cc(C#N)ccc2OC1(C)C. The van der Waals surface area contributed by atoms with Gasteiger partial charge in [-0.15, -0.1) is 0 Å². The van der Waals surface area contributed by atoms with E-state index in [4.69, 9.17) is 9.47 Å². The second-order valence-electron chi connectivity index (χ2n) is 6.16. The Hall–Kier alpha value is -3.26. The first-order valence-electron chi connectivity index (χ1n) is 7.85. The van der Waals surface area contributed by atoms with E-state index < -0.39 is 5.60 Å². The van der Waals surface area contributed by atoms with Crippen LogP contribution in [0.3, 0.4) is 0 Å². The van der Waals surface area contributed by atoms with E-state index in [0.29, 0.717) is 33.9 Å². The molecule has 2 aromatic rings. The van der Waals surface area contributed by atoms with Gasteiger partial charge in [-0.1, -0.05) is 18.2 Å². The number of carbonyl (C=O) groups excluding carboxylic acids is 1. The summed E-state index contributed by atoms with van der Waals surface area (Å²) in [5, 5.41) is 12.1. The third kappa shape index (κ3) is 3.07. The number of nitrogens with zero attached hydrogens (tertiary/aromatic N) is 1. The van der Waals surface area contributed by atoms with Gasteiger partial charge in [-0.2, -0.15) is 5.26 Å². The number of methoxy groups -OCH3 is 1. The van der Waals surface area contributed by atoms with Crippen molar-refractivity contribution in [1.29, 1.82) is 5.26 Å². The van der Waals surface area contributed by atoms with Crippen LogP contribution in [0.4, 0.5) is 5.69 Å². The van der Waals surface area contributed by atoms with Crippen LogP contribution in [0.15, 0.2) is 54.3 Å². The topological polar surface area (TPSA) is 71.3 Å². The lowest BCUT2D eigenvalue weighted by Gasteiger charge is -2.35. The molecule has 0 atom stereocenters. The molecule has 0 aromatic heterocycles. The normalized spacial score (nSPS) is 14.8. The highest BCUT2D eigenvalue weighted by atomic mass is 16.5. The highest BCUT2D eigenvalue weighted by Crippen LogP contribution is 2.41. The molecule has 5 nitrogen and oxygen atoms in total. The van der Waals surface area contributed by atoms with Gasteiger partial charge in [-0.25, -0.2) is 0 Å². The number of amides is 1. The van der Waals surface area contributed by atoms with Crippen molar-refractivity contribution < 1.29 is 14.3 Å². The summed E-state index contributed by atoms with van der Waals surface area (Å²) in [7, 11) is 1.51. The van der Waals surface area contributed by atoms with Crippen LogP contribution >= 0.6 is 0 Å². The number of hydrogen-bond donors (Lipinski definition) is 1. The van der Waals surface area contributed by atoms with E-state index >= 15 is 0 Å². The molecule has 1 amide bonds. The van der Waals surface area contributed by atoms with Crippen LogP contribution in [0, 0.1) is 11.3 Å². The van der Waals surface area contributed by atoms with Gasteiger partial charge in [0.2, 0.25) is 0 Å². The van der Waals surface area contributed by atoms with E-state index in [1.54, 1.807) is 18.2 Å². The van der Waals surface area contributed by atoms with Gasteiger partial charge in [-0.05, 0) is 44.2 Å². The molecule has 0 saturated carbocycles. The molecule has 0 bridgehead atoms. The van der Waals surface area contributed by atoms with Gasteiger partial charge in [0.05, 0.1) is 24.3 Å². The molecule has 2 aromatic carbocycles. The van der Waals surface area contributed by atoms with E-state index in [1.807, 2.05) is 44.2 Å². The Bertz CT molecular complexity index is 893. The Morgan fingerprint density at radius 3 is 2.56 bits per heavy atom. The van der Waals surface area contributed by atoms with Gasteiger partial charge in [0.1, 0.15) is 5.75 Å². The second-order valence-corrected chi connectivity index (χ2v) is 6.16. The van der Waals surface area contributed by atoms with Gasteiger partial charge < -0.3 is 14.8 Å². The first-order valence-corrected chi connectivity index (χ1v) is 7.85. The van der Waals surface area contributed by atoms with E-state index in [9.17, 15) is 10.1 Å². The third-order valence-corrected chi connectivity index (χ3v) is 3.98. The molecule has 0 fully saturated rings. The zero-order chi connectivity index (χ0) is 18.0. The Balaban J connectivity index is 2.14. The molecule has 0 saturated heterocycles. The zero-order valence-corrected chi connectivity index (χ0v) is 14.3. The van der Waals surface area contributed by atoms with Crippen LogP contribution in [0.5, 0.6) is 5.75 Å². The van der Waals surface area contributed by atoms with Gasteiger partial charge in [0.15, 0.2) is 11.4 Å². The van der Waals surface area contributed by atoms with Gasteiger partial charge >= 0.3 is 0 Å². The maximum Gasteiger partial charge on any atom is 0.259 e. The average Bonchev–Trinajstić information content (AvgIpc) is 2.60. The predicted octanol–water partition coefficient (Wildman–Crippen LogP) is 3.73. The molecule has 1 aliphatic rings. The monoisotopic (exact) mass is 334 g/mol. The minimum Gasteiger partial charge on any atom is -0.496 e. The highest BCUT2D eigenvalue weighted by molar-refractivity contribution is 6.27. The predicted molar refractivity (Wildman–Crippen MR) is 94.9 cm³/mol. The third-order valence-electron chi connectivity index (χ3n) is 3.98. The summed E-state index contributed by atoms with van der Waals surface area (Å²) in [6.45, 7) is 3.67. The van der Waals surface area contributed by atoms with Crippen LogP contribution < -0.4 is 10.1 Å².